The molecule has 0 aliphatic carbocycles. The highest BCUT2D eigenvalue weighted by atomic mass is 19.1. The third-order valence-electron chi connectivity index (χ3n) is 3.47. The predicted octanol–water partition coefficient (Wildman–Crippen LogP) is 3.01. The number of nitrogens with zero attached hydrogens (tertiary/aromatic N) is 2. The van der Waals surface area contributed by atoms with Crippen molar-refractivity contribution in [3.05, 3.63) is 70.5 Å². The molecular weight excluding hydrogens is 255 g/mol. The number of hydrogen-bond acceptors (Lipinski definition) is 1. The number of benzene rings is 1. The van der Waals surface area contributed by atoms with E-state index in [-0.39, 0.29) is 11.4 Å². The van der Waals surface area contributed by atoms with Crippen LogP contribution in [0.3, 0.4) is 0 Å². The Morgan fingerprint density at radius 2 is 1.85 bits per heavy atom. The molecule has 0 atom stereocenters. The topological polar surface area (TPSA) is 26.9 Å². The molecule has 3 rings (SSSR count). The zero-order valence-corrected chi connectivity index (χ0v) is 11.2. The smallest absolute Gasteiger partial charge is 0.275 e. The van der Waals surface area contributed by atoms with E-state index in [1.54, 1.807) is 16.8 Å². The van der Waals surface area contributed by atoms with Crippen LogP contribution in [0, 0.1) is 5.82 Å². The van der Waals surface area contributed by atoms with Crippen molar-refractivity contribution in [1.29, 1.82) is 0 Å². The molecule has 102 valence electrons. The van der Waals surface area contributed by atoms with Gasteiger partial charge in [-0.3, -0.25) is 4.79 Å². The molecule has 3 aromatic rings. The highest BCUT2D eigenvalue weighted by Gasteiger charge is 2.07. The molecule has 0 radical (unpaired) electrons. The molecule has 0 aliphatic rings. The van der Waals surface area contributed by atoms with E-state index < -0.39 is 0 Å². The maximum Gasteiger partial charge on any atom is 0.275 e. The second kappa shape index (κ2) is 4.96. The monoisotopic (exact) mass is 270 g/mol. The fourth-order valence-corrected chi connectivity index (χ4v) is 2.46. The van der Waals surface area contributed by atoms with E-state index in [0.29, 0.717) is 12.1 Å². The average Bonchev–Trinajstić information content (AvgIpc) is 2.86. The Morgan fingerprint density at radius 3 is 2.55 bits per heavy atom. The molecule has 3 nitrogen and oxygen atoms in total. The molecule has 0 unspecified atom stereocenters. The van der Waals surface area contributed by atoms with Crippen molar-refractivity contribution in [1.82, 2.24) is 9.13 Å². The second-order valence-electron chi connectivity index (χ2n) is 4.78. The van der Waals surface area contributed by atoms with Gasteiger partial charge < -0.3 is 9.13 Å². The van der Waals surface area contributed by atoms with Crippen LogP contribution in [0.2, 0.25) is 0 Å². The molecule has 0 aliphatic heterocycles. The van der Waals surface area contributed by atoms with Gasteiger partial charge in [-0.05, 0) is 36.8 Å². The van der Waals surface area contributed by atoms with Crippen LogP contribution < -0.4 is 5.56 Å². The SMILES string of the molecule is CCn1ccc2ccn(Cc3cccc(F)c3)c(=O)c21. The first-order valence-electron chi connectivity index (χ1n) is 6.62. The van der Waals surface area contributed by atoms with E-state index in [0.717, 1.165) is 17.5 Å². The number of aromatic nitrogens is 2. The summed E-state index contributed by atoms with van der Waals surface area (Å²) in [5.41, 5.74) is 1.44. The van der Waals surface area contributed by atoms with Gasteiger partial charge >= 0.3 is 0 Å². The molecular formula is C16H15FN2O. The van der Waals surface area contributed by atoms with Crippen molar-refractivity contribution in [2.75, 3.05) is 0 Å². The zero-order chi connectivity index (χ0) is 14.1. The lowest BCUT2D eigenvalue weighted by molar-refractivity contribution is 0.623. The maximum absolute atomic E-state index is 13.2. The Labute approximate surface area is 115 Å². The van der Waals surface area contributed by atoms with Crippen LogP contribution in [-0.2, 0) is 13.1 Å². The van der Waals surface area contributed by atoms with Crippen LogP contribution in [0.4, 0.5) is 4.39 Å². The number of pyridine rings is 1. The molecule has 1 aromatic carbocycles. The number of aryl methyl sites for hydroxylation is 1. The van der Waals surface area contributed by atoms with E-state index in [1.807, 2.05) is 35.9 Å². The number of rotatable bonds is 3. The molecule has 20 heavy (non-hydrogen) atoms. The van der Waals surface area contributed by atoms with Crippen LogP contribution in [0.5, 0.6) is 0 Å². The van der Waals surface area contributed by atoms with Gasteiger partial charge in [0.25, 0.3) is 5.56 Å². The van der Waals surface area contributed by atoms with Crippen molar-refractivity contribution in [3.63, 3.8) is 0 Å². The lowest BCUT2D eigenvalue weighted by atomic mass is 10.2. The van der Waals surface area contributed by atoms with E-state index in [4.69, 9.17) is 0 Å². The molecule has 0 spiro atoms. The summed E-state index contributed by atoms with van der Waals surface area (Å²) in [5, 5.41) is 0.937. The lowest BCUT2D eigenvalue weighted by Crippen LogP contribution is -2.21. The third-order valence-corrected chi connectivity index (χ3v) is 3.47. The van der Waals surface area contributed by atoms with Crippen molar-refractivity contribution >= 4 is 10.9 Å². The van der Waals surface area contributed by atoms with Crippen LogP contribution in [0.15, 0.2) is 53.6 Å². The van der Waals surface area contributed by atoms with Crippen molar-refractivity contribution < 1.29 is 4.39 Å². The Hall–Kier alpha value is -2.36. The number of fused-ring (bicyclic) bond motifs is 1. The Morgan fingerprint density at radius 1 is 1.10 bits per heavy atom. The maximum atomic E-state index is 13.2. The minimum absolute atomic E-state index is 0.0430. The first-order valence-corrected chi connectivity index (χ1v) is 6.62. The van der Waals surface area contributed by atoms with Crippen molar-refractivity contribution in [2.24, 2.45) is 0 Å². The Bertz CT molecular complexity index is 817. The summed E-state index contributed by atoms with van der Waals surface area (Å²) < 4.78 is 16.7. The van der Waals surface area contributed by atoms with E-state index in [2.05, 4.69) is 0 Å². The van der Waals surface area contributed by atoms with Gasteiger partial charge in [-0.15, -0.1) is 0 Å². The average molecular weight is 270 g/mol. The summed E-state index contributed by atoms with van der Waals surface area (Å²) in [4.78, 5) is 12.5. The summed E-state index contributed by atoms with van der Waals surface area (Å²) in [6.07, 6.45) is 3.67. The minimum Gasteiger partial charge on any atom is -0.343 e. The molecule has 0 saturated carbocycles. The largest absolute Gasteiger partial charge is 0.343 e. The van der Waals surface area contributed by atoms with Gasteiger partial charge in [-0.1, -0.05) is 12.1 Å². The lowest BCUT2D eigenvalue weighted by Gasteiger charge is -2.08. The summed E-state index contributed by atoms with van der Waals surface area (Å²) >= 11 is 0. The normalized spacial score (nSPS) is 11.1. The Balaban J connectivity index is 2.08. The third kappa shape index (κ3) is 2.13. The van der Waals surface area contributed by atoms with E-state index in [1.165, 1.54) is 12.1 Å². The molecule has 0 bridgehead atoms. The van der Waals surface area contributed by atoms with Crippen LogP contribution in [-0.4, -0.2) is 9.13 Å². The standard InChI is InChI=1S/C16H15FN2O/c1-2-18-8-6-13-7-9-19(16(20)15(13)18)11-12-4-3-5-14(17)10-12/h3-10H,2,11H2,1H3. The van der Waals surface area contributed by atoms with Gasteiger partial charge in [0.05, 0.1) is 6.54 Å². The molecule has 2 aromatic heterocycles. The zero-order valence-electron chi connectivity index (χ0n) is 11.2. The molecule has 0 saturated heterocycles. The fourth-order valence-electron chi connectivity index (χ4n) is 2.46. The molecule has 0 N–H and O–H groups in total. The highest BCUT2D eigenvalue weighted by molar-refractivity contribution is 5.78. The minimum atomic E-state index is -0.284. The molecule has 2 heterocycles. The first kappa shape index (κ1) is 12.7. The highest BCUT2D eigenvalue weighted by Crippen LogP contribution is 2.12. The number of halogens is 1. The summed E-state index contributed by atoms with van der Waals surface area (Å²) in [6, 6.07) is 10.2. The van der Waals surface area contributed by atoms with Crippen LogP contribution in [0.1, 0.15) is 12.5 Å². The summed E-state index contributed by atoms with van der Waals surface area (Å²) in [5.74, 6) is -0.284. The van der Waals surface area contributed by atoms with Crippen molar-refractivity contribution in [3.8, 4) is 0 Å². The predicted molar refractivity (Wildman–Crippen MR) is 77.4 cm³/mol. The fraction of sp³-hybridized carbons (Fsp3) is 0.188. The van der Waals surface area contributed by atoms with Crippen LogP contribution >= 0.6 is 0 Å². The van der Waals surface area contributed by atoms with E-state index >= 15 is 0 Å². The van der Waals surface area contributed by atoms with Gasteiger partial charge in [0.2, 0.25) is 0 Å². The molecule has 0 amide bonds. The molecule has 4 heteroatoms. The molecule has 0 fully saturated rings. The van der Waals surface area contributed by atoms with Gasteiger partial charge in [0.1, 0.15) is 11.3 Å². The van der Waals surface area contributed by atoms with Gasteiger partial charge in [0, 0.05) is 24.3 Å². The van der Waals surface area contributed by atoms with Gasteiger partial charge in [-0.25, -0.2) is 4.39 Å². The van der Waals surface area contributed by atoms with E-state index in [9.17, 15) is 9.18 Å². The van der Waals surface area contributed by atoms with Crippen molar-refractivity contribution in [2.45, 2.75) is 20.0 Å². The Kier molecular flexibility index (Phi) is 3.14. The van der Waals surface area contributed by atoms with Crippen LogP contribution in [0.25, 0.3) is 10.9 Å². The first-order chi connectivity index (χ1) is 9.69. The summed E-state index contributed by atoms with van der Waals surface area (Å²) in [7, 11) is 0. The van der Waals surface area contributed by atoms with Gasteiger partial charge in [-0.2, -0.15) is 0 Å². The quantitative estimate of drug-likeness (QED) is 0.718. The van der Waals surface area contributed by atoms with Gasteiger partial charge in [0.15, 0.2) is 0 Å². The second-order valence-corrected chi connectivity index (χ2v) is 4.78. The summed E-state index contributed by atoms with van der Waals surface area (Å²) in [6.45, 7) is 3.13. The number of hydrogen-bond donors (Lipinski definition) is 0.